The molecule has 3 aromatic rings. The van der Waals surface area contributed by atoms with Crippen molar-refractivity contribution in [3.05, 3.63) is 74.1 Å². The molecular formula is C20H19BrN4O2S. The molecular weight excluding hydrogens is 440 g/mol. The summed E-state index contributed by atoms with van der Waals surface area (Å²) in [6, 6.07) is 11.1. The molecule has 6 nitrogen and oxygen atoms in total. The Morgan fingerprint density at radius 2 is 2.11 bits per heavy atom. The van der Waals surface area contributed by atoms with Crippen molar-refractivity contribution in [2.75, 3.05) is 5.43 Å². The summed E-state index contributed by atoms with van der Waals surface area (Å²) < 4.78 is 0.830. The highest BCUT2D eigenvalue weighted by Gasteiger charge is 2.43. The molecule has 28 heavy (non-hydrogen) atoms. The summed E-state index contributed by atoms with van der Waals surface area (Å²) in [6.07, 6.45) is 2.10. The molecule has 0 radical (unpaired) electrons. The number of carbonyl (C=O) groups excluding carboxylic acids is 2. The van der Waals surface area contributed by atoms with E-state index < -0.39 is 5.54 Å². The van der Waals surface area contributed by atoms with Gasteiger partial charge in [0.25, 0.3) is 5.91 Å². The second-order valence-electron chi connectivity index (χ2n) is 7.18. The van der Waals surface area contributed by atoms with Gasteiger partial charge >= 0.3 is 0 Å². The third-order valence-corrected chi connectivity index (χ3v) is 6.30. The lowest BCUT2D eigenvalue weighted by molar-refractivity contribution is -0.135. The van der Waals surface area contributed by atoms with Crippen LogP contribution in [0.5, 0.6) is 0 Å². The molecule has 0 bridgehead atoms. The summed E-state index contributed by atoms with van der Waals surface area (Å²) >= 11 is 4.96. The van der Waals surface area contributed by atoms with E-state index in [2.05, 4.69) is 26.5 Å². The summed E-state index contributed by atoms with van der Waals surface area (Å²) in [7, 11) is 0. The fourth-order valence-electron chi connectivity index (χ4n) is 3.58. The van der Waals surface area contributed by atoms with Crippen LogP contribution in [0.25, 0.3) is 0 Å². The maximum Gasteiger partial charge on any atom is 0.271 e. The van der Waals surface area contributed by atoms with Crippen LogP contribution in [0.4, 0.5) is 0 Å². The number of fused-ring (bicyclic) bond motifs is 1. The zero-order valence-electron chi connectivity index (χ0n) is 15.5. The molecule has 0 aliphatic carbocycles. The van der Waals surface area contributed by atoms with Crippen LogP contribution in [0.2, 0.25) is 0 Å². The molecule has 1 aliphatic rings. The van der Waals surface area contributed by atoms with Gasteiger partial charge in [0.05, 0.1) is 30.4 Å². The van der Waals surface area contributed by atoms with Gasteiger partial charge in [0, 0.05) is 20.5 Å². The Balaban J connectivity index is 1.56. The molecule has 144 valence electrons. The fourth-order valence-corrected chi connectivity index (χ4v) is 4.67. The Bertz CT molecular complexity index is 1040. The average Bonchev–Trinajstić information content (AvgIpc) is 3.34. The van der Waals surface area contributed by atoms with Crippen molar-refractivity contribution >= 4 is 39.1 Å². The largest absolute Gasteiger partial charge is 0.327 e. The van der Waals surface area contributed by atoms with E-state index in [0.29, 0.717) is 18.5 Å². The van der Waals surface area contributed by atoms with Gasteiger partial charge in [-0.05, 0) is 43.5 Å². The van der Waals surface area contributed by atoms with Crippen molar-refractivity contribution in [2.45, 2.75) is 32.4 Å². The normalized spacial score (nSPS) is 14.8. The van der Waals surface area contributed by atoms with Gasteiger partial charge in [-0.15, -0.1) is 11.3 Å². The van der Waals surface area contributed by atoms with Crippen molar-refractivity contribution in [3.63, 3.8) is 0 Å². The summed E-state index contributed by atoms with van der Waals surface area (Å²) in [5.41, 5.74) is 4.56. The first kappa shape index (κ1) is 18.9. The number of benzene rings is 1. The quantitative estimate of drug-likeness (QED) is 0.644. The molecule has 1 aromatic carbocycles. The summed E-state index contributed by atoms with van der Waals surface area (Å²) in [6.45, 7) is 4.45. The van der Waals surface area contributed by atoms with E-state index in [1.165, 1.54) is 4.79 Å². The SMILES string of the molecule is CC1(C)c2c(cnn2NC(=O)c2cccc(Br)c2)CN1C(=O)Cc1cccs1. The topological polar surface area (TPSA) is 67.2 Å². The summed E-state index contributed by atoms with van der Waals surface area (Å²) in [5, 5.41) is 6.30. The predicted molar refractivity (Wildman–Crippen MR) is 112 cm³/mol. The molecule has 0 fully saturated rings. The molecule has 0 saturated carbocycles. The van der Waals surface area contributed by atoms with Crippen LogP contribution in [0, 0.1) is 0 Å². The maximum atomic E-state index is 12.9. The van der Waals surface area contributed by atoms with Crippen LogP contribution in [0.15, 0.2) is 52.4 Å². The minimum absolute atomic E-state index is 0.0634. The number of rotatable bonds is 4. The fraction of sp³-hybridized carbons (Fsp3) is 0.250. The Hall–Kier alpha value is -2.45. The number of carbonyl (C=O) groups is 2. The number of halogens is 1. The van der Waals surface area contributed by atoms with Crippen molar-refractivity contribution < 1.29 is 9.59 Å². The molecule has 1 aliphatic heterocycles. The van der Waals surface area contributed by atoms with Gasteiger partial charge in [-0.3, -0.25) is 9.59 Å². The molecule has 0 atom stereocenters. The lowest BCUT2D eigenvalue weighted by atomic mass is 10.0. The zero-order valence-corrected chi connectivity index (χ0v) is 17.9. The first-order valence-electron chi connectivity index (χ1n) is 8.83. The molecule has 0 saturated heterocycles. The standard InChI is InChI=1S/C20H19BrN4O2S/c1-20(2)18-14(12-24(20)17(26)10-16-7-4-8-28-16)11-22-25(18)23-19(27)13-5-3-6-15(21)9-13/h3-9,11H,10,12H2,1-2H3,(H,23,27). The monoisotopic (exact) mass is 458 g/mol. The highest BCUT2D eigenvalue weighted by Crippen LogP contribution is 2.38. The lowest BCUT2D eigenvalue weighted by Gasteiger charge is -2.33. The highest BCUT2D eigenvalue weighted by molar-refractivity contribution is 9.10. The first-order chi connectivity index (χ1) is 13.4. The van der Waals surface area contributed by atoms with Crippen LogP contribution in [0.1, 0.15) is 40.3 Å². The average molecular weight is 459 g/mol. The number of hydrogen-bond acceptors (Lipinski definition) is 4. The summed E-state index contributed by atoms with van der Waals surface area (Å²) in [5.74, 6) is -0.195. The smallest absolute Gasteiger partial charge is 0.271 e. The highest BCUT2D eigenvalue weighted by atomic mass is 79.9. The first-order valence-corrected chi connectivity index (χ1v) is 10.5. The van der Waals surface area contributed by atoms with Crippen LogP contribution in [-0.4, -0.2) is 26.6 Å². The van der Waals surface area contributed by atoms with Gasteiger partial charge in [-0.2, -0.15) is 9.89 Å². The van der Waals surface area contributed by atoms with Gasteiger partial charge in [0.15, 0.2) is 0 Å². The van der Waals surface area contributed by atoms with Gasteiger partial charge in [-0.25, -0.2) is 5.43 Å². The maximum absolute atomic E-state index is 12.9. The van der Waals surface area contributed by atoms with E-state index in [0.717, 1.165) is 20.6 Å². The number of hydrogen-bond donors (Lipinski definition) is 1. The van der Waals surface area contributed by atoms with Crippen molar-refractivity contribution in [1.29, 1.82) is 0 Å². The Morgan fingerprint density at radius 3 is 2.82 bits per heavy atom. The number of thiophene rings is 1. The number of aromatic nitrogens is 2. The zero-order chi connectivity index (χ0) is 19.9. The number of nitrogens with one attached hydrogen (secondary N) is 1. The second kappa shape index (κ2) is 7.18. The third kappa shape index (κ3) is 3.38. The molecule has 0 unspecified atom stereocenters. The molecule has 1 N–H and O–H groups in total. The minimum atomic E-state index is -0.579. The molecule has 2 aromatic heterocycles. The number of amides is 2. The lowest BCUT2D eigenvalue weighted by Crippen LogP contribution is -2.43. The predicted octanol–water partition coefficient (Wildman–Crippen LogP) is 3.91. The van der Waals surface area contributed by atoms with E-state index in [1.54, 1.807) is 35.7 Å². The van der Waals surface area contributed by atoms with Crippen molar-refractivity contribution in [1.82, 2.24) is 14.8 Å². The van der Waals surface area contributed by atoms with Crippen LogP contribution in [0.3, 0.4) is 0 Å². The summed E-state index contributed by atoms with van der Waals surface area (Å²) in [4.78, 5) is 29.9. The molecule has 2 amide bonds. The molecule has 4 rings (SSSR count). The van der Waals surface area contributed by atoms with Crippen molar-refractivity contribution in [3.8, 4) is 0 Å². The van der Waals surface area contributed by atoms with Gasteiger partial charge in [0.1, 0.15) is 0 Å². The molecule has 8 heteroatoms. The van der Waals surface area contributed by atoms with E-state index in [1.807, 2.05) is 42.3 Å². The van der Waals surface area contributed by atoms with E-state index in [9.17, 15) is 9.59 Å². The van der Waals surface area contributed by atoms with Crippen LogP contribution in [-0.2, 0) is 23.3 Å². The van der Waals surface area contributed by atoms with Crippen LogP contribution < -0.4 is 5.43 Å². The van der Waals surface area contributed by atoms with Crippen LogP contribution >= 0.6 is 27.3 Å². The van der Waals surface area contributed by atoms with Crippen molar-refractivity contribution in [2.24, 2.45) is 0 Å². The third-order valence-electron chi connectivity index (χ3n) is 4.93. The van der Waals surface area contributed by atoms with E-state index >= 15 is 0 Å². The van der Waals surface area contributed by atoms with E-state index in [-0.39, 0.29) is 11.8 Å². The van der Waals surface area contributed by atoms with Gasteiger partial charge in [0.2, 0.25) is 5.91 Å². The Labute approximate surface area is 175 Å². The molecule has 0 spiro atoms. The number of nitrogens with zero attached hydrogens (tertiary/aromatic N) is 3. The van der Waals surface area contributed by atoms with Gasteiger partial charge < -0.3 is 4.90 Å². The Kier molecular flexibility index (Phi) is 4.84. The van der Waals surface area contributed by atoms with E-state index in [4.69, 9.17) is 0 Å². The minimum Gasteiger partial charge on any atom is -0.327 e. The second-order valence-corrected chi connectivity index (χ2v) is 9.12. The molecule has 3 heterocycles. The Morgan fingerprint density at radius 1 is 1.29 bits per heavy atom. The van der Waals surface area contributed by atoms with Gasteiger partial charge in [-0.1, -0.05) is 28.1 Å².